The Labute approximate surface area is 186 Å². The maximum Gasteiger partial charge on any atom is 0.242 e. The van der Waals surface area contributed by atoms with Crippen molar-refractivity contribution in [3.8, 4) is 0 Å². The maximum atomic E-state index is 13.7. The molecule has 0 saturated carbocycles. The van der Waals surface area contributed by atoms with Crippen molar-refractivity contribution < 1.29 is 27.1 Å². The molecule has 172 valence electrons. The van der Waals surface area contributed by atoms with Gasteiger partial charge in [0.15, 0.2) is 0 Å². The van der Waals surface area contributed by atoms with Gasteiger partial charge in [-0.25, -0.2) is 17.5 Å². The Kier molecular flexibility index (Phi) is 7.94. The molecular weight excluding hydrogens is 437 g/mol. The second-order valence-electron chi connectivity index (χ2n) is 7.54. The number of ether oxygens (including phenoxy) is 1. The fourth-order valence-electron chi connectivity index (χ4n) is 3.25. The van der Waals surface area contributed by atoms with Gasteiger partial charge in [0.25, 0.3) is 0 Å². The highest BCUT2D eigenvalue weighted by molar-refractivity contribution is 7.89. The van der Waals surface area contributed by atoms with E-state index in [1.807, 2.05) is 6.92 Å². The molecule has 2 N–H and O–H groups in total. The number of benzene rings is 2. The van der Waals surface area contributed by atoms with Crippen LogP contribution in [0.5, 0.6) is 0 Å². The van der Waals surface area contributed by atoms with Gasteiger partial charge in [0.1, 0.15) is 12.4 Å². The Morgan fingerprint density at radius 3 is 2.59 bits per heavy atom. The van der Waals surface area contributed by atoms with Gasteiger partial charge in [0, 0.05) is 18.8 Å². The lowest BCUT2D eigenvalue weighted by Crippen LogP contribution is -2.46. The van der Waals surface area contributed by atoms with E-state index in [0.717, 1.165) is 29.4 Å². The van der Waals surface area contributed by atoms with Gasteiger partial charge in [-0.05, 0) is 50.1 Å². The van der Waals surface area contributed by atoms with Crippen molar-refractivity contribution in [2.45, 2.75) is 30.8 Å². The monoisotopic (exact) mass is 463 g/mol. The van der Waals surface area contributed by atoms with Crippen molar-refractivity contribution in [1.82, 2.24) is 10.0 Å². The van der Waals surface area contributed by atoms with Crippen LogP contribution in [-0.2, 0) is 24.3 Å². The van der Waals surface area contributed by atoms with Crippen LogP contribution in [0, 0.1) is 12.7 Å². The largest absolute Gasteiger partial charge is 0.376 e. The Morgan fingerprint density at radius 2 is 1.94 bits per heavy atom. The molecule has 2 aromatic carbocycles. The summed E-state index contributed by atoms with van der Waals surface area (Å²) in [5.41, 5.74) is 1.04. The van der Waals surface area contributed by atoms with Crippen molar-refractivity contribution in [3.05, 3.63) is 59.9 Å². The molecule has 2 amide bonds. The zero-order valence-electron chi connectivity index (χ0n) is 17.7. The molecule has 1 fully saturated rings. The van der Waals surface area contributed by atoms with Gasteiger partial charge in [0.05, 0.1) is 17.5 Å². The van der Waals surface area contributed by atoms with Crippen LogP contribution >= 0.6 is 0 Å². The zero-order valence-corrected chi connectivity index (χ0v) is 18.5. The lowest BCUT2D eigenvalue weighted by molar-refractivity contribution is -0.123. The van der Waals surface area contributed by atoms with E-state index in [9.17, 15) is 22.4 Å². The van der Waals surface area contributed by atoms with Crippen molar-refractivity contribution in [1.29, 1.82) is 0 Å². The number of aryl methyl sites for hydroxylation is 1. The third kappa shape index (κ3) is 6.59. The first-order chi connectivity index (χ1) is 15.2. The summed E-state index contributed by atoms with van der Waals surface area (Å²) >= 11 is 0. The predicted molar refractivity (Wildman–Crippen MR) is 117 cm³/mol. The number of hydrogen-bond acceptors (Lipinski definition) is 5. The summed E-state index contributed by atoms with van der Waals surface area (Å²) in [5, 5.41) is 2.71. The number of sulfonamides is 1. The first-order valence-electron chi connectivity index (χ1n) is 10.3. The minimum absolute atomic E-state index is 0.0162. The maximum absolute atomic E-state index is 13.7. The quantitative estimate of drug-likeness (QED) is 0.590. The van der Waals surface area contributed by atoms with Crippen LogP contribution in [-0.4, -0.2) is 52.6 Å². The highest BCUT2D eigenvalue weighted by atomic mass is 32.2. The van der Waals surface area contributed by atoms with Crippen LogP contribution in [0.4, 0.5) is 10.1 Å². The van der Waals surface area contributed by atoms with Crippen molar-refractivity contribution >= 4 is 27.5 Å². The molecule has 0 spiro atoms. The highest BCUT2D eigenvalue weighted by Crippen LogP contribution is 2.16. The summed E-state index contributed by atoms with van der Waals surface area (Å²) in [7, 11) is -3.93. The van der Waals surface area contributed by atoms with Crippen molar-refractivity contribution in [2.24, 2.45) is 0 Å². The van der Waals surface area contributed by atoms with E-state index in [4.69, 9.17) is 4.74 Å². The Hall–Kier alpha value is -2.82. The van der Waals surface area contributed by atoms with E-state index in [1.54, 1.807) is 12.1 Å². The van der Waals surface area contributed by atoms with Gasteiger partial charge in [0.2, 0.25) is 21.8 Å². The smallest absolute Gasteiger partial charge is 0.242 e. The molecule has 1 aliphatic heterocycles. The minimum atomic E-state index is -3.93. The topological polar surface area (TPSA) is 105 Å². The molecule has 0 unspecified atom stereocenters. The Bertz CT molecular complexity index is 1050. The molecule has 10 heteroatoms. The normalized spacial score (nSPS) is 16.0. The number of nitrogens with zero attached hydrogens (tertiary/aromatic N) is 1. The van der Waals surface area contributed by atoms with Crippen LogP contribution in [0.3, 0.4) is 0 Å². The molecule has 0 aromatic heterocycles. The van der Waals surface area contributed by atoms with Crippen LogP contribution in [0.1, 0.15) is 18.4 Å². The molecule has 0 radical (unpaired) electrons. The summed E-state index contributed by atoms with van der Waals surface area (Å²) in [4.78, 5) is 26.4. The summed E-state index contributed by atoms with van der Waals surface area (Å²) in [6.07, 6.45) is 1.70. The lowest BCUT2D eigenvalue weighted by atomic mass is 10.2. The average Bonchev–Trinajstić information content (AvgIpc) is 3.28. The molecular formula is C22H26FN3O5S. The summed E-state index contributed by atoms with van der Waals surface area (Å²) in [6, 6.07) is 11.4. The van der Waals surface area contributed by atoms with E-state index in [2.05, 4.69) is 10.0 Å². The molecule has 1 saturated heterocycles. The van der Waals surface area contributed by atoms with Crippen LogP contribution in [0.15, 0.2) is 53.4 Å². The molecule has 2 aromatic rings. The predicted octanol–water partition coefficient (Wildman–Crippen LogP) is 1.74. The molecule has 0 bridgehead atoms. The third-order valence-electron chi connectivity index (χ3n) is 5.02. The van der Waals surface area contributed by atoms with Gasteiger partial charge in [-0.15, -0.1) is 0 Å². The molecule has 1 atom stereocenters. The molecule has 1 heterocycles. The summed E-state index contributed by atoms with van der Waals surface area (Å²) < 4.78 is 46.4. The highest BCUT2D eigenvalue weighted by Gasteiger charge is 2.23. The van der Waals surface area contributed by atoms with E-state index in [-0.39, 0.29) is 23.2 Å². The number of carbonyl (C=O) groups is 2. The fraction of sp³-hybridized carbons (Fsp3) is 0.364. The van der Waals surface area contributed by atoms with Crippen molar-refractivity contribution in [3.63, 3.8) is 0 Å². The van der Waals surface area contributed by atoms with E-state index in [1.165, 1.54) is 30.3 Å². The number of anilines is 1. The number of carbonyl (C=O) groups excluding carboxylic acids is 2. The average molecular weight is 464 g/mol. The zero-order chi connectivity index (χ0) is 23.1. The van der Waals surface area contributed by atoms with Gasteiger partial charge in [-0.3, -0.25) is 9.59 Å². The standard InChI is InChI=1S/C22H26FN3O5S/c1-16-7-9-20(10-8-16)32(29,30)25-14-22(28)26(18-5-2-4-17(23)12-18)15-21(27)24-13-19-6-3-11-31-19/h2,4-5,7-10,12,19,25H,3,6,11,13-15H2,1H3,(H,24,27)/t19-/m0/s1. The van der Waals surface area contributed by atoms with Gasteiger partial charge < -0.3 is 15.0 Å². The summed E-state index contributed by atoms with van der Waals surface area (Å²) in [6.45, 7) is 1.81. The van der Waals surface area contributed by atoms with E-state index >= 15 is 0 Å². The molecule has 0 aliphatic carbocycles. The van der Waals surface area contributed by atoms with E-state index < -0.39 is 34.2 Å². The second-order valence-corrected chi connectivity index (χ2v) is 9.30. The fourth-order valence-corrected chi connectivity index (χ4v) is 4.23. The van der Waals surface area contributed by atoms with Crippen molar-refractivity contribution in [2.75, 3.05) is 31.1 Å². The number of amides is 2. The lowest BCUT2D eigenvalue weighted by Gasteiger charge is -2.23. The number of halogens is 1. The molecule has 3 rings (SSSR count). The number of rotatable bonds is 9. The molecule has 8 nitrogen and oxygen atoms in total. The Morgan fingerprint density at radius 1 is 1.19 bits per heavy atom. The van der Waals surface area contributed by atoms with Gasteiger partial charge in [-0.1, -0.05) is 23.8 Å². The minimum Gasteiger partial charge on any atom is -0.376 e. The first kappa shape index (κ1) is 23.8. The van der Waals surface area contributed by atoms with Crippen LogP contribution in [0.2, 0.25) is 0 Å². The van der Waals surface area contributed by atoms with Gasteiger partial charge >= 0.3 is 0 Å². The second kappa shape index (κ2) is 10.7. The SMILES string of the molecule is Cc1ccc(S(=O)(=O)NCC(=O)N(CC(=O)NC[C@@H]2CCCO2)c2cccc(F)c2)cc1. The summed E-state index contributed by atoms with van der Waals surface area (Å²) in [5.74, 6) is -1.74. The van der Waals surface area contributed by atoms with Gasteiger partial charge in [-0.2, -0.15) is 0 Å². The first-order valence-corrected chi connectivity index (χ1v) is 11.7. The Balaban J connectivity index is 1.68. The van der Waals surface area contributed by atoms with E-state index in [0.29, 0.717) is 13.2 Å². The number of nitrogens with one attached hydrogen (secondary N) is 2. The molecule has 1 aliphatic rings. The molecule has 32 heavy (non-hydrogen) atoms. The van der Waals surface area contributed by atoms with Crippen LogP contribution < -0.4 is 14.9 Å². The number of hydrogen-bond donors (Lipinski definition) is 2. The van der Waals surface area contributed by atoms with Crippen LogP contribution in [0.25, 0.3) is 0 Å². The third-order valence-corrected chi connectivity index (χ3v) is 6.44.